The Morgan fingerprint density at radius 1 is 1.30 bits per heavy atom. The zero-order chi connectivity index (χ0) is 19.4. The summed E-state index contributed by atoms with van der Waals surface area (Å²) >= 11 is 0. The van der Waals surface area contributed by atoms with Crippen LogP contribution in [0.15, 0.2) is 24.3 Å². The molecule has 0 radical (unpaired) electrons. The van der Waals surface area contributed by atoms with Crippen molar-refractivity contribution in [1.29, 1.82) is 0 Å². The van der Waals surface area contributed by atoms with Crippen LogP contribution in [0.4, 0.5) is 0 Å². The van der Waals surface area contributed by atoms with Gasteiger partial charge in [-0.05, 0) is 57.2 Å². The predicted octanol–water partition coefficient (Wildman–Crippen LogP) is 2.91. The summed E-state index contributed by atoms with van der Waals surface area (Å²) in [6, 6.07) is 8.00. The number of nitrogens with one attached hydrogen (secondary N) is 1. The number of likely N-dealkylation sites (tertiary alicyclic amines) is 1. The second-order valence-corrected chi connectivity index (χ2v) is 8.78. The standard InChI is InChI=1S/C22H32N2O3/c1-22(2,27)11-10-16-6-5-7-18(12-16)21(26)23-14-17-13-20(25)24(15-17)19-8-3-4-9-19/h5-7,12,17,19,27H,3-4,8-11,13-15H2,1-2H3,(H,23,26)/t17-/m0/s1. The second kappa shape index (κ2) is 8.42. The number of aryl methyl sites for hydroxylation is 1. The lowest BCUT2D eigenvalue weighted by atomic mass is 9.98. The van der Waals surface area contributed by atoms with Gasteiger partial charge in [-0.1, -0.05) is 25.0 Å². The Balaban J connectivity index is 1.50. The monoisotopic (exact) mass is 372 g/mol. The van der Waals surface area contributed by atoms with Crippen molar-refractivity contribution in [3.8, 4) is 0 Å². The molecule has 1 saturated carbocycles. The van der Waals surface area contributed by atoms with Gasteiger partial charge in [0.05, 0.1) is 5.60 Å². The van der Waals surface area contributed by atoms with Gasteiger partial charge in [-0.15, -0.1) is 0 Å². The second-order valence-electron chi connectivity index (χ2n) is 8.78. The van der Waals surface area contributed by atoms with Gasteiger partial charge in [-0.25, -0.2) is 0 Å². The first-order chi connectivity index (χ1) is 12.8. The lowest BCUT2D eigenvalue weighted by molar-refractivity contribution is -0.129. The van der Waals surface area contributed by atoms with Crippen molar-refractivity contribution in [2.24, 2.45) is 5.92 Å². The van der Waals surface area contributed by atoms with E-state index < -0.39 is 5.60 Å². The average molecular weight is 373 g/mol. The van der Waals surface area contributed by atoms with Crippen molar-refractivity contribution in [3.63, 3.8) is 0 Å². The Morgan fingerprint density at radius 3 is 2.74 bits per heavy atom. The first-order valence-corrected chi connectivity index (χ1v) is 10.2. The maximum atomic E-state index is 12.5. The molecule has 5 nitrogen and oxygen atoms in total. The van der Waals surface area contributed by atoms with Crippen molar-refractivity contribution in [3.05, 3.63) is 35.4 Å². The molecule has 0 spiro atoms. The highest BCUT2D eigenvalue weighted by molar-refractivity contribution is 5.94. The molecule has 2 aliphatic rings. The molecule has 1 aromatic rings. The zero-order valence-corrected chi connectivity index (χ0v) is 16.5. The molecule has 1 saturated heterocycles. The van der Waals surface area contributed by atoms with E-state index in [2.05, 4.69) is 5.32 Å². The van der Waals surface area contributed by atoms with Gasteiger partial charge < -0.3 is 15.3 Å². The van der Waals surface area contributed by atoms with Gasteiger partial charge in [-0.3, -0.25) is 9.59 Å². The summed E-state index contributed by atoms with van der Waals surface area (Å²) in [6.07, 6.45) is 6.63. The number of aliphatic hydroxyl groups is 1. The zero-order valence-electron chi connectivity index (χ0n) is 16.5. The van der Waals surface area contributed by atoms with Crippen LogP contribution < -0.4 is 5.32 Å². The van der Waals surface area contributed by atoms with Gasteiger partial charge in [0, 0.05) is 37.0 Å². The SMILES string of the molecule is CC(C)(O)CCc1cccc(C(=O)NC[C@@H]2CC(=O)N(C3CCCC3)C2)c1. The highest BCUT2D eigenvalue weighted by Gasteiger charge is 2.35. The maximum Gasteiger partial charge on any atom is 0.251 e. The summed E-state index contributed by atoms with van der Waals surface area (Å²) in [7, 11) is 0. The Kier molecular flexibility index (Phi) is 6.20. The van der Waals surface area contributed by atoms with Crippen LogP contribution in [0.5, 0.6) is 0 Å². The molecule has 3 rings (SSSR count). The van der Waals surface area contributed by atoms with Crippen LogP contribution in [0.1, 0.15) is 68.3 Å². The lowest BCUT2D eigenvalue weighted by Gasteiger charge is -2.24. The van der Waals surface area contributed by atoms with E-state index >= 15 is 0 Å². The number of nitrogens with zero attached hydrogens (tertiary/aromatic N) is 1. The van der Waals surface area contributed by atoms with Crippen molar-refractivity contribution in [2.75, 3.05) is 13.1 Å². The Labute approximate surface area is 162 Å². The highest BCUT2D eigenvalue weighted by Crippen LogP contribution is 2.29. The molecule has 1 heterocycles. The van der Waals surface area contributed by atoms with E-state index in [4.69, 9.17) is 0 Å². The predicted molar refractivity (Wildman–Crippen MR) is 105 cm³/mol. The van der Waals surface area contributed by atoms with E-state index in [0.717, 1.165) is 31.4 Å². The number of hydrogen-bond donors (Lipinski definition) is 2. The highest BCUT2D eigenvalue weighted by atomic mass is 16.3. The van der Waals surface area contributed by atoms with Gasteiger partial charge in [-0.2, -0.15) is 0 Å². The molecular weight excluding hydrogens is 340 g/mol. The Bertz CT molecular complexity index is 674. The number of benzene rings is 1. The third-order valence-corrected chi connectivity index (χ3v) is 5.77. The summed E-state index contributed by atoms with van der Waals surface area (Å²) in [5.74, 6) is 0.363. The summed E-state index contributed by atoms with van der Waals surface area (Å²) in [6.45, 7) is 4.90. The molecular formula is C22H32N2O3. The molecule has 0 bridgehead atoms. The Morgan fingerprint density at radius 2 is 2.04 bits per heavy atom. The molecule has 1 aromatic carbocycles. The summed E-state index contributed by atoms with van der Waals surface area (Å²) in [4.78, 5) is 26.8. The minimum absolute atomic E-state index is 0.0909. The van der Waals surface area contributed by atoms with E-state index in [1.54, 1.807) is 13.8 Å². The molecule has 2 N–H and O–H groups in total. The average Bonchev–Trinajstić information content (AvgIpc) is 3.27. The molecule has 1 aliphatic heterocycles. The van der Waals surface area contributed by atoms with Gasteiger partial charge >= 0.3 is 0 Å². The normalized spacial score (nSPS) is 21.1. The van der Waals surface area contributed by atoms with Crippen LogP contribution in [-0.2, 0) is 11.2 Å². The number of hydrogen-bond acceptors (Lipinski definition) is 3. The van der Waals surface area contributed by atoms with E-state index in [1.807, 2.05) is 29.2 Å². The Hall–Kier alpha value is -1.88. The molecule has 2 fully saturated rings. The molecule has 148 valence electrons. The third kappa shape index (κ3) is 5.55. The largest absolute Gasteiger partial charge is 0.390 e. The fourth-order valence-corrected chi connectivity index (χ4v) is 4.17. The molecule has 2 amide bonds. The number of carbonyl (C=O) groups excluding carboxylic acids is 2. The van der Waals surface area contributed by atoms with Crippen LogP contribution in [0.25, 0.3) is 0 Å². The fraction of sp³-hybridized carbons (Fsp3) is 0.636. The van der Waals surface area contributed by atoms with Crippen LogP contribution >= 0.6 is 0 Å². The molecule has 1 atom stereocenters. The number of carbonyl (C=O) groups is 2. The van der Waals surface area contributed by atoms with Crippen molar-refractivity contribution in [2.45, 2.75) is 70.4 Å². The number of amides is 2. The van der Waals surface area contributed by atoms with Gasteiger partial charge in [0.1, 0.15) is 0 Å². The molecule has 0 aromatic heterocycles. The van der Waals surface area contributed by atoms with Gasteiger partial charge in [0.15, 0.2) is 0 Å². The topological polar surface area (TPSA) is 69.6 Å². The molecule has 5 heteroatoms. The first-order valence-electron chi connectivity index (χ1n) is 10.2. The van der Waals surface area contributed by atoms with Crippen LogP contribution in [-0.4, -0.2) is 46.6 Å². The minimum atomic E-state index is -0.710. The first kappa shape index (κ1) is 19.9. The summed E-state index contributed by atoms with van der Waals surface area (Å²) in [5.41, 5.74) is 0.979. The molecule has 0 unspecified atom stereocenters. The van der Waals surface area contributed by atoms with Crippen molar-refractivity contribution < 1.29 is 14.7 Å². The molecule has 27 heavy (non-hydrogen) atoms. The summed E-state index contributed by atoms with van der Waals surface area (Å²) < 4.78 is 0. The van der Waals surface area contributed by atoms with E-state index in [9.17, 15) is 14.7 Å². The maximum absolute atomic E-state index is 12.5. The van der Waals surface area contributed by atoms with Gasteiger partial charge in [0.25, 0.3) is 5.91 Å². The molecule has 1 aliphatic carbocycles. The summed E-state index contributed by atoms with van der Waals surface area (Å²) in [5, 5.41) is 12.9. The van der Waals surface area contributed by atoms with E-state index in [1.165, 1.54) is 12.8 Å². The van der Waals surface area contributed by atoms with Crippen molar-refractivity contribution in [1.82, 2.24) is 10.2 Å². The third-order valence-electron chi connectivity index (χ3n) is 5.77. The quantitative estimate of drug-likeness (QED) is 0.773. The van der Waals surface area contributed by atoms with Crippen molar-refractivity contribution >= 4 is 11.8 Å². The lowest BCUT2D eigenvalue weighted by Crippen LogP contribution is -2.36. The van der Waals surface area contributed by atoms with Crippen LogP contribution in [0.3, 0.4) is 0 Å². The van der Waals surface area contributed by atoms with E-state index in [0.29, 0.717) is 31.0 Å². The van der Waals surface area contributed by atoms with E-state index in [-0.39, 0.29) is 17.7 Å². The number of rotatable bonds is 7. The van der Waals surface area contributed by atoms with Gasteiger partial charge in [0.2, 0.25) is 5.91 Å². The smallest absolute Gasteiger partial charge is 0.251 e. The van der Waals surface area contributed by atoms with Crippen LogP contribution in [0.2, 0.25) is 0 Å². The van der Waals surface area contributed by atoms with Crippen LogP contribution in [0, 0.1) is 5.92 Å². The fourth-order valence-electron chi connectivity index (χ4n) is 4.17. The minimum Gasteiger partial charge on any atom is -0.390 e.